The Morgan fingerprint density at radius 3 is 2.50 bits per heavy atom. The third kappa shape index (κ3) is 2.41. The first-order chi connectivity index (χ1) is 9.65. The smallest absolute Gasteiger partial charge is 0.278 e. The van der Waals surface area contributed by atoms with E-state index in [4.69, 9.17) is 0 Å². The van der Waals surface area contributed by atoms with Crippen LogP contribution in [0.3, 0.4) is 0 Å². The maximum Gasteiger partial charge on any atom is 0.278 e. The van der Waals surface area contributed by atoms with Crippen molar-refractivity contribution in [1.29, 1.82) is 0 Å². The molecule has 3 aromatic rings. The van der Waals surface area contributed by atoms with Gasteiger partial charge in [0.2, 0.25) is 0 Å². The standard InChI is InChI=1S/C12H11N5O2S/c18-20(19,12-6-8-13-15-12)16-10-2-4-11(5-3-10)17-9-1-7-14-17/h1-9,16H,(H,13,15). The van der Waals surface area contributed by atoms with Gasteiger partial charge in [-0.1, -0.05) is 0 Å². The SMILES string of the molecule is O=S(=O)(Nc1ccc(-n2cccn2)cc1)c1ccn[nH]1. The maximum atomic E-state index is 12.0. The Morgan fingerprint density at radius 1 is 1.10 bits per heavy atom. The minimum atomic E-state index is -3.63. The zero-order valence-electron chi connectivity index (χ0n) is 10.3. The molecule has 0 saturated heterocycles. The van der Waals surface area contributed by atoms with Gasteiger partial charge in [0.25, 0.3) is 10.0 Å². The lowest BCUT2D eigenvalue weighted by atomic mass is 10.3. The van der Waals surface area contributed by atoms with E-state index >= 15 is 0 Å². The van der Waals surface area contributed by atoms with Crippen LogP contribution in [0, 0.1) is 0 Å². The molecule has 1 aromatic carbocycles. The fourth-order valence-electron chi connectivity index (χ4n) is 1.71. The van der Waals surface area contributed by atoms with Crippen molar-refractivity contribution in [2.45, 2.75) is 5.03 Å². The van der Waals surface area contributed by atoms with Crippen LogP contribution in [0.1, 0.15) is 0 Å². The largest absolute Gasteiger partial charge is 0.278 e. The molecule has 0 spiro atoms. The van der Waals surface area contributed by atoms with E-state index in [9.17, 15) is 8.42 Å². The van der Waals surface area contributed by atoms with Gasteiger partial charge in [-0.2, -0.15) is 18.6 Å². The number of nitrogens with zero attached hydrogens (tertiary/aromatic N) is 3. The average molecular weight is 289 g/mol. The third-order valence-electron chi connectivity index (χ3n) is 2.65. The number of H-pyrrole nitrogens is 1. The minimum Gasteiger partial charge on any atom is -0.278 e. The molecular weight excluding hydrogens is 278 g/mol. The van der Waals surface area contributed by atoms with Gasteiger partial charge in [0.1, 0.15) is 0 Å². The number of nitrogens with one attached hydrogen (secondary N) is 2. The number of hydrogen-bond donors (Lipinski definition) is 2. The van der Waals surface area contributed by atoms with Crippen LogP contribution in [0.4, 0.5) is 5.69 Å². The molecule has 102 valence electrons. The molecule has 8 heteroatoms. The monoisotopic (exact) mass is 289 g/mol. The van der Waals surface area contributed by atoms with E-state index in [1.165, 1.54) is 12.3 Å². The Labute approximate surface area is 115 Å². The second kappa shape index (κ2) is 4.82. The summed E-state index contributed by atoms with van der Waals surface area (Å²) in [6.45, 7) is 0. The molecule has 2 heterocycles. The van der Waals surface area contributed by atoms with E-state index in [0.29, 0.717) is 5.69 Å². The minimum absolute atomic E-state index is 0.0219. The molecule has 20 heavy (non-hydrogen) atoms. The van der Waals surface area contributed by atoms with E-state index < -0.39 is 10.0 Å². The summed E-state index contributed by atoms with van der Waals surface area (Å²) in [6, 6.07) is 10.1. The van der Waals surface area contributed by atoms with Gasteiger partial charge in [-0.3, -0.25) is 9.82 Å². The van der Waals surface area contributed by atoms with Crippen molar-refractivity contribution in [3.8, 4) is 5.69 Å². The number of rotatable bonds is 4. The Balaban J connectivity index is 1.83. The highest BCUT2D eigenvalue weighted by Gasteiger charge is 2.15. The van der Waals surface area contributed by atoms with Crippen LogP contribution in [-0.4, -0.2) is 28.4 Å². The summed E-state index contributed by atoms with van der Waals surface area (Å²) in [4.78, 5) is 0. The van der Waals surface area contributed by atoms with E-state index in [2.05, 4.69) is 20.0 Å². The molecular formula is C12H11N5O2S. The quantitative estimate of drug-likeness (QED) is 0.759. The molecule has 7 nitrogen and oxygen atoms in total. The predicted octanol–water partition coefficient (Wildman–Crippen LogP) is 1.40. The molecule has 2 aromatic heterocycles. The Bertz CT molecular complexity index is 777. The molecule has 0 saturated carbocycles. The van der Waals surface area contributed by atoms with Crippen molar-refractivity contribution >= 4 is 15.7 Å². The van der Waals surface area contributed by atoms with Crippen molar-refractivity contribution in [2.75, 3.05) is 4.72 Å². The van der Waals surface area contributed by atoms with Gasteiger partial charge >= 0.3 is 0 Å². The van der Waals surface area contributed by atoms with Crippen LogP contribution in [0.2, 0.25) is 0 Å². The number of aromatic amines is 1. The van der Waals surface area contributed by atoms with Crippen LogP contribution < -0.4 is 4.72 Å². The lowest BCUT2D eigenvalue weighted by Crippen LogP contribution is -2.13. The first-order valence-corrected chi connectivity index (χ1v) is 7.26. The highest BCUT2D eigenvalue weighted by Crippen LogP contribution is 2.16. The number of hydrogen-bond acceptors (Lipinski definition) is 4. The predicted molar refractivity (Wildman–Crippen MR) is 73.0 cm³/mol. The number of anilines is 1. The lowest BCUT2D eigenvalue weighted by molar-refractivity contribution is 0.597. The van der Waals surface area contributed by atoms with Gasteiger partial charge in [-0.15, -0.1) is 0 Å². The van der Waals surface area contributed by atoms with Gasteiger partial charge in [0, 0.05) is 18.1 Å². The van der Waals surface area contributed by atoms with E-state index in [0.717, 1.165) is 5.69 Å². The molecule has 0 aliphatic rings. The fourth-order valence-corrected chi connectivity index (χ4v) is 2.68. The summed E-state index contributed by atoms with van der Waals surface area (Å²) in [5.74, 6) is 0. The fraction of sp³-hybridized carbons (Fsp3) is 0. The summed E-state index contributed by atoms with van der Waals surface area (Å²) in [5, 5.41) is 10.2. The van der Waals surface area contributed by atoms with E-state index in [1.54, 1.807) is 35.1 Å². The van der Waals surface area contributed by atoms with Crippen molar-refractivity contribution in [2.24, 2.45) is 0 Å². The second-order valence-corrected chi connectivity index (χ2v) is 5.67. The molecule has 0 aliphatic heterocycles. The molecule has 0 bridgehead atoms. The normalized spacial score (nSPS) is 11.4. The lowest BCUT2D eigenvalue weighted by Gasteiger charge is -2.07. The van der Waals surface area contributed by atoms with Crippen molar-refractivity contribution in [1.82, 2.24) is 20.0 Å². The topological polar surface area (TPSA) is 92.7 Å². The van der Waals surface area contributed by atoms with Crippen LogP contribution in [0.5, 0.6) is 0 Å². The molecule has 0 aliphatic carbocycles. The average Bonchev–Trinajstić information content (AvgIpc) is 3.13. The molecule has 3 rings (SSSR count). The number of benzene rings is 1. The zero-order valence-corrected chi connectivity index (χ0v) is 11.1. The van der Waals surface area contributed by atoms with Gasteiger partial charge in [-0.25, -0.2) is 4.68 Å². The first kappa shape index (κ1) is 12.4. The Morgan fingerprint density at radius 2 is 1.90 bits per heavy atom. The Kier molecular flexibility index (Phi) is 2.99. The van der Waals surface area contributed by atoms with Crippen LogP contribution >= 0.6 is 0 Å². The summed E-state index contributed by atoms with van der Waals surface area (Å²) < 4.78 is 28.1. The zero-order chi connectivity index (χ0) is 14.0. The first-order valence-electron chi connectivity index (χ1n) is 5.77. The van der Waals surface area contributed by atoms with Crippen LogP contribution in [0.25, 0.3) is 5.69 Å². The van der Waals surface area contributed by atoms with Crippen molar-refractivity contribution in [3.05, 3.63) is 55.0 Å². The molecule has 0 unspecified atom stereocenters. The molecule has 0 atom stereocenters. The number of aromatic nitrogens is 4. The second-order valence-electron chi connectivity index (χ2n) is 4.02. The van der Waals surface area contributed by atoms with Crippen LogP contribution in [0.15, 0.2) is 60.0 Å². The van der Waals surface area contributed by atoms with Crippen molar-refractivity contribution < 1.29 is 8.42 Å². The third-order valence-corrected chi connectivity index (χ3v) is 3.96. The van der Waals surface area contributed by atoms with Gasteiger partial charge in [0.15, 0.2) is 5.03 Å². The molecule has 2 N–H and O–H groups in total. The Hall–Kier alpha value is -2.61. The summed E-state index contributed by atoms with van der Waals surface area (Å²) in [5.41, 5.74) is 1.31. The van der Waals surface area contributed by atoms with Gasteiger partial charge in [0.05, 0.1) is 11.9 Å². The molecule has 0 radical (unpaired) electrons. The van der Waals surface area contributed by atoms with Gasteiger partial charge in [-0.05, 0) is 36.4 Å². The van der Waals surface area contributed by atoms with Crippen LogP contribution in [-0.2, 0) is 10.0 Å². The van der Waals surface area contributed by atoms with Crippen molar-refractivity contribution in [3.63, 3.8) is 0 Å². The summed E-state index contributed by atoms with van der Waals surface area (Å²) in [7, 11) is -3.63. The maximum absolute atomic E-state index is 12.0. The summed E-state index contributed by atoms with van der Waals surface area (Å²) >= 11 is 0. The molecule has 0 fully saturated rings. The highest BCUT2D eigenvalue weighted by molar-refractivity contribution is 7.92. The number of sulfonamides is 1. The summed E-state index contributed by atoms with van der Waals surface area (Å²) in [6.07, 6.45) is 4.87. The molecule has 0 amide bonds. The van der Waals surface area contributed by atoms with E-state index in [-0.39, 0.29) is 5.03 Å². The van der Waals surface area contributed by atoms with E-state index in [1.807, 2.05) is 12.3 Å². The van der Waals surface area contributed by atoms with Gasteiger partial charge < -0.3 is 0 Å². The highest BCUT2D eigenvalue weighted by atomic mass is 32.2.